The number of aromatic hydroxyl groups is 3. The van der Waals surface area contributed by atoms with Crippen LogP contribution in [0.4, 0.5) is 5.69 Å². The van der Waals surface area contributed by atoms with E-state index in [1.807, 2.05) is 0 Å². The lowest BCUT2D eigenvalue weighted by Crippen LogP contribution is -2.56. The molecule has 0 radical (unpaired) electrons. The number of nitrogens with one attached hydrogen (secondary N) is 2. The van der Waals surface area contributed by atoms with Crippen LogP contribution in [0.25, 0.3) is 10.8 Å². The topological polar surface area (TPSA) is 226 Å². The first-order chi connectivity index (χ1) is 29.7. The molecule has 2 aromatic rings. The standard InChI is InChI=1S/C48H63N3O12/c1-22-11-10-12-23(2)46(59)50-37-32(21-49-51-48-18-29-15-30(19-48)17-31(16-29)20-48)41(56)34-35(42(37)57)40(55)27(6)44-36(34)45(58)47(8,63-44)61-14-13-33(60-9)24(3)43(62-28(7)52)26(5)39(54)25(4)38(22)53/h10-14,21-22,24-26,29-31,33,38-39,43,51,53-57H,15-20H2,1-9H3,(H,50,59)/b11-10+,14-13+,23-12-,49-21+/t22-,24+,25+,26+,29?,30?,31?,33-,38-,39+,43+,47-,48?/m0/s1. The number of carbonyl (C=O) groups excluding carboxylic acids is 3. The molecule has 0 unspecified atom stereocenters. The molecule has 0 aromatic heterocycles. The molecule has 3 heterocycles. The van der Waals surface area contributed by atoms with Crippen LogP contribution in [0.1, 0.15) is 108 Å². The number of fused-ring (bicyclic) bond motifs is 14. The fourth-order valence-corrected chi connectivity index (χ4v) is 11.4. The van der Waals surface area contributed by atoms with Gasteiger partial charge in [-0.1, -0.05) is 45.9 Å². The van der Waals surface area contributed by atoms with Gasteiger partial charge in [0, 0.05) is 61.2 Å². The van der Waals surface area contributed by atoms with E-state index in [9.17, 15) is 39.9 Å². The van der Waals surface area contributed by atoms with Crippen LogP contribution in [-0.4, -0.2) is 92.3 Å². The van der Waals surface area contributed by atoms with E-state index in [0.29, 0.717) is 17.8 Å². The largest absolute Gasteiger partial charge is 0.507 e. The maximum Gasteiger partial charge on any atom is 0.312 e. The van der Waals surface area contributed by atoms with Crippen LogP contribution in [0, 0.1) is 48.3 Å². The average Bonchev–Trinajstić information content (AvgIpc) is 3.49. The van der Waals surface area contributed by atoms with Crippen LogP contribution < -0.4 is 15.5 Å². The second kappa shape index (κ2) is 17.5. The summed E-state index contributed by atoms with van der Waals surface area (Å²) < 4.78 is 23.7. The predicted octanol–water partition coefficient (Wildman–Crippen LogP) is 6.65. The molecular formula is C48H63N3O12. The third-order valence-corrected chi connectivity index (χ3v) is 14.6. The molecule has 2 aromatic carbocycles. The Hall–Kier alpha value is -5.12. The summed E-state index contributed by atoms with van der Waals surface area (Å²) in [4.78, 5) is 40.8. The Bertz CT molecular complexity index is 2250. The zero-order valence-corrected chi connectivity index (χ0v) is 37.6. The van der Waals surface area contributed by atoms with Crippen LogP contribution in [0.3, 0.4) is 0 Å². The number of Topliss-reactive ketones (excluding diaryl/α,β-unsaturated/α-hetero) is 1. The molecule has 9 rings (SSSR count). The smallest absolute Gasteiger partial charge is 0.312 e. The maximum atomic E-state index is 14.6. The first-order valence-corrected chi connectivity index (χ1v) is 22.1. The Labute approximate surface area is 368 Å². The predicted molar refractivity (Wildman–Crippen MR) is 235 cm³/mol. The van der Waals surface area contributed by atoms with E-state index in [4.69, 9.17) is 18.9 Å². The van der Waals surface area contributed by atoms with Crippen molar-refractivity contribution in [1.29, 1.82) is 0 Å². The number of hydrazone groups is 1. The number of ketones is 1. The number of phenolic OH excluding ortho intramolecular Hbond substituents is 3. The molecular weight excluding hydrogens is 811 g/mol. The Balaban J connectivity index is 1.35. The number of aliphatic hydroxyl groups is 2. The zero-order valence-electron chi connectivity index (χ0n) is 37.6. The fraction of sp³-hybridized carbons (Fsp3) is 0.583. The molecule has 9 atom stereocenters. The number of amides is 1. The van der Waals surface area contributed by atoms with Crippen molar-refractivity contribution >= 4 is 40.3 Å². The van der Waals surface area contributed by atoms with Crippen LogP contribution in [0.2, 0.25) is 0 Å². The van der Waals surface area contributed by atoms with E-state index in [1.165, 1.54) is 71.8 Å². The quantitative estimate of drug-likeness (QED) is 0.0550. The molecule has 4 fully saturated rings. The van der Waals surface area contributed by atoms with E-state index in [-0.39, 0.29) is 50.0 Å². The van der Waals surface area contributed by atoms with Crippen molar-refractivity contribution in [1.82, 2.24) is 5.43 Å². The number of allylic oxidation sites excluding steroid dienone is 2. The highest BCUT2D eigenvalue weighted by Gasteiger charge is 2.52. The van der Waals surface area contributed by atoms with Crippen molar-refractivity contribution in [2.45, 2.75) is 130 Å². The average molecular weight is 874 g/mol. The fourth-order valence-electron chi connectivity index (χ4n) is 11.4. The highest BCUT2D eigenvalue weighted by molar-refractivity contribution is 6.23. The lowest BCUT2D eigenvalue weighted by Gasteiger charge is -2.56. The van der Waals surface area contributed by atoms with Gasteiger partial charge in [-0.25, -0.2) is 0 Å². The Morgan fingerprint density at radius 3 is 2.14 bits per heavy atom. The van der Waals surface area contributed by atoms with Crippen LogP contribution in [-0.2, 0) is 23.8 Å². The Morgan fingerprint density at radius 2 is 1.54 bits per heavy atom. The van der Waals surface area contributed by atoms with Gasteiger partial charge < -0.3 is 55.2 Å². The van der Waals surface area contributed by atoms with Gasteiger partial charge in [0.15, 0.2) is 5.75 Å². The lowest BCUT2D eigenvalue weighted by molar-refractivity contribution is -0.160. The monoisotopic (exact) mass is 873 g/mol. The van der Waals surface area contributed by atoms with E-state index >= 15 is 0 Å². The summed E-state index contributed by atoms with van der Waals surface area (Å²) >= 11 is 0. The van der Waals surface area contributed by atoms with E-state index in [1.54, 1.807) is 46.8 Å². The van der Waals surface area contributed by atoms with Gasteiger partial charge in [-0.2, -0.15) is 5.10 Å². The maximum absolute atomic E-state index is 14.6. The molecule has 15 heteroatoms. The van der Waals surface area contributed by atoms with Gasteiger partial charge in [0.1, 0.15) is 23.4 Å². The van der Waals surface area contributed by atoms with Crippen molar-refractivity contribution < 1.29 is 58.9 Å². The molecule has 4 saturated carbocycles. The number of carbonyl (C=O) groups is 3. The summed E-state index contributed by atoms with van der Waals surface area (Å²) in [7, 11) is 1.45. The van der Waals surface area contributed by atoms with Crippen molar-refractivity contribution in [2.75, 3.05) is 12.4 Å². The number of phenols is 3. The van der Waals surface area contributed by atoms with Crippen LogP contribution in [0.15, 0.2) is 41.2 Å². The Kier molecular flexibility index (Phi) is 12.7. The molecule has 7 N–H and O–H groups in total. The van der Waals surface area contributed by atoms with Gasteiger partial charge in [-0.15, -0.1) is 0 Å². The first kappa shape index (κ1) is 45.9. The Morgan fingerprint density at radius 1 is 0.905 bits per heavy atom. The summed E-state index contributed by atoms with van der Waals surface area (Å²) in [6.07, 6.45) is 11.5. The molecule has 7 aliphatic rings. The van der Waals surface area contributed by atoms with Crippen molar-refractivity contribution in [3.05, 3.63) is 52.8 Å². The molecule has 4 aliphatic carbocycles. The molecule has 63 heavy (non-hydrogen) atoms. The number of anilines is 1. The number of ether oxygens (including phenoxy) is 4. The van der Waals surface area contributed by atoms with Crippen LogP contribution >= 0.6 is 0 Å². The number of aliphatic hydroxyl groups excluding tert-OH is 2. The molecule has 342 valence electrons. The number of methoxy groups -OCH3 is 1. The van der Waals surface area contributed by atoms with Gasteiger partial charge in [0.2, 0.25) is 0 Å². The SMILES string of the molecule is CO[C@H]1/C=C/O[C@@]2(C)Oc3c(C)c(O)c4c(O)c(c(/C=N/NC56CC7CC(CC(C7)C5)C6)c(O)c4c3C2=O)NC(=O)/C(C)=C\C=C\[C@H](C)[C@H](O)[C@@H](C)[C@@H](O)[C@@H](C)[C@H](OC(C)=O)[C@@H]1C. The van der Waals surface area contributed by atoms with Crippen LogP contribution in [0.5, 0.6) is 23.0 Å². The number of benzene rings is 2. The number of hydrogen-bond acceptors (Lipinski definition) is 14. The van der Waals surface area contributed by atoms with Gasteiger partial charge in [-0.05, 0) is 76.2 Å². The summed E-state index contributed by atoms with van der Waals surface area (Å²) in [6.45, 7) is 12.6. The summed E-state index contributed by atoms with van der Waals surface area (Å²) in [6, 6.07) is 0. The summed E-state index contributed by atoms with van der Waals surface area (Å²) in [5, 5.41) is 65.8. The normalized spacial score (nSPS) is 37.6. The molecule has 3 aliphatic heterocycles. The number of rotatable bonds is 5. The van der Waals surface area contributed by atoms with Gasteiger partial charge >= 0.3 is 11.8 Å². The van der Waals surface area contributed by atoms with Crippen molar-refractivity contribution in [3.63, 3.8) is 0 Å². The minimum absolute atomic E-state index is 0.0662. The van der Waals surface area contributed by atoms with E-state index in [2.05, 4.69) is 15.8 Å². The number of nitrogens with zero attached hydrogens (tertiary/aromatic N) is 1. The highest BCUT2D eigenvalue weighted by atomic mass is 16.7. The zero-order chi connectivity index (χ0) is 45.9. The van der Waals surface area contributed by atoms with Gasteiger partial charge in [0.25, 0.3) is 11.7 Å². The molecule has 9 bridgehead atoms. The lowest BCUT2D eigenvalue weighted by atomic mass is 9.53. The molecule has 0 saturated heterocycles. The first-order valence-electron chi connectivity index (χ1n) is 22.1. The van der Waals surface area contributed by atoms with Gasteiger partial charge in [0.05, 0.1) is 58.5 Å². The second-order valence-electron chi connectivity index (χ2n) is 19.2. The molecule has 0 spiro atoms. The minimum Gasteiger partial charge on any atom is -0.507 e. The third kappa shape index (κ3) is 8.39. The second-order valence-corrected chi connectivity index (χ2v) is 19.2. The highest BCUT2D eigenvalue weighted by Crippen LogP contribution is 2.57. The van der Waals surface area contributed by atoms with Crippen molar-refractivity contribution in [3.8, 4) is 23.0 Å². The van der Waals surface area contributed by atoms with E-state index in [0.717, 1.165) is 19.3 Å². The summed E-state index contributed by atoms with van der Waals surface area (Å²) in [5.74, 6) is -6.40. The van der Waals surface area contributed by atoms with Gasteiger partial charge in [-0.3, -0.25) is 14.4 Å². The molecule has 1 amide bonds. The minimum atomic E-state index is -2.04. The van der Waals surface area contributed by atoms with E-state index < -0.39 is 88.8 Å². The number of esters is 1. The van der Waals surface area contributed by atoms with Crippen molar-refractivity contribution in [2.24, 2.45) is 46.5 Å². The third-order valence-electron chi connectivity index (χ3n) is 14.6. The summed E-state index contributed by atoms with van der Waals surface area (Å²) in [5.41, 5.74) is 2.90. The number of hydrogen-bond donors (Lipinski definition) is 7. The molecule has 15 nitrogen and oxygen atoms in total.